The molecule has 1 aliphatic heterocycles. The molecule has 96 valence electrons. The summed E-state index contributed by atoms with van der Waals surface area (Å²) < 4.78 is 0. The number of hydrogen-bond acceptors (Lipinski definition) is 6. The van der Waals surface area contributed by atoms with Gasteiger partial charge in [0, 0.05) is 10.6 Å². The van der Waals surface area contributed by atoms with Crippen LogP contribution in [0.2, 0.25) is 0 Å². The van der Waals surface area contributed by atoms with Crippen LogP contribution in [0.25, 0.3) is 9.88 Å². The minimum atomic E-state index is 0.279. The molecule has 3 nitrogen and oxygen atoms in total. The van der Waals surface area contributed by atoms with E-state index in [1.165, 1.54) is 22.6 Å². The van der Waals surface area contributed by atoms with Gasteiger partial charge in [-0.2, -0.15) is 11.8 Å². The van der Waals surface area contributed by atoms with E-state index >= 15 is 0 Å². The molecular weight excluding hydrogens is 282 g/mol. The van der Waals surface area contributed by atoms with Gasteiger partial charge < -0.3 is 5.32 Å². The van der Waals surface area contributed by atoms with E-state index in [0.717, 1.165) is 15.8 Å². The van der Waals surface area contributed by atoms with E-state index in [0.29, 0.717) is 0 Å². The van der Waals surface area contributed by atoms with Gasteiger partial charge in [0.15, 0.2) is 5.01 Å². The molecule has 0 saturated heterocycles. The topological polar surface area (TPSA) is 37.8 Å². The van der Waals surface area contributed by atoms with Crippen molar-refractivity contribution in [1.29, 1.82) is 0 Å². The molecule has 0 fully saturated rings. The normalized spacial score (nSPS) is 16.6. The summed E-state index contributed by atoms with van der Waals surface area (Å²) in [6, 6.07) is 2.59. The first-order chi connectivity index (χ1) is 8.78. The summed E-state index contributed by atoms with van der Waals surface area (Å²) in [5.41, 5.74) is 1.50. The van der Waals surface area contributed by atoms with Gasteiger partial charge in [0.25, 0.3) is 0 Å². The highest BCUT2D eigenvalue weighted by Gasteiger charge is 2.17. The summed E-state index contributed by atoms with van der Waals surface area (Å²) in [5.74, 6) is 2.41. The third-order valence-electron chi connectivity index (χ3n) is 3.08. The van der Waals surface area contributed by atoms with Crippen molar-refractivity contribution in [2.24, 2.45) is 0 Å². The highest BCUT2D eigenvalue weighted by Crippen LogP contribution is 2.38. The second-order valence-electron chi connectivity index (χ2n) is 4.32. The molecule has 1 aliphatic rings. The number of nitrogens with one attached hydrogen (secondary N) is 1. The molecule has 0 aromatic carbocycles. The van der Waals surface area contributed by atoms with Crippen molar-refractivity contribution in [1.82, 2.24) is 15.5 Å². The molecule has 0 aliphatic carbocycles. The van der Waals surface area contributed by atoms with Gasteiger partial charge in [0.1, 0.15) is 5.01 Å². The fraction of sp³-hybridized carbons (Fsp3) is 0.500. The van der Waals surface area contributed by atoms with Gasteiger partial charge in [0.2, 0.25) is 0 Å². The Bertz CT molecular complexity index is 523. The maximum absolute atomic E-state index is 4.33. The van der Waals surface area contributed by atoms with Crippen LogP contribution >= 0.6 is 34.4 Å². The summed E-state index contributed by atoms with van der Waals surface area (Å²) in [6.45, 7) is 2.11. The number of aromatic nitrogens is 2. The molecule has 0 radical (unpaired) electrons. The number of rotatable bonds is 3. The van der Waals surface area contributed by atoms with E-state index < -0.39 is 0 Å². The van der Waals surface area contributed by atoms with Crippen LogP contribution in [-0.2, 0) is 12.2 Å². The second-order valence-corrected chi connectivity index (χ2v) is 7.57. The number of hydrogen-bond donors (Lipinski definition) is 1. The van der Waals surface area contributed by atoms with Gasteiger partial charge in [-0.3, -0.25) is 0 Å². The van der Waals surface area contributed by atoms with Crippen molar-refractivity contribution in [3.05, 3.63) is 21.5 Å². The summed E-state index contributed by atoms with van der Waals surface area (Å²) in [6.07, 6.45) is 1.21. The van der Waals surface area contributed by atoms with Crippen molar-refractivity contribution >= 4 is 34.4 Å². The number of thiophene rings is 1. The molecule has 2 aromatic heterocycles. The predicted molar refractivity (Wildman–Crippen MR) is 80.6 cm³/mol. The first kappa shape index (κ1) is 12.6. The number of thioether (sulfide) groups is 1. The molecule has 0 bridgehead atoms. The average molecular weight is 297 g/mol. The minimum Gasteiger partial charge on any atom is -0.311 e. The smallest absolute Gasteiger partial charge is 0.157 e. The van der Waals surface area contributed by atoms with E-state index in [2.05, 4.69) is 28.5 Å². The molecule has 0 amide bonds. The Morgan fingerprint density at radius 2 is 2.22 bits per heavy atom. The van der Waals surface area contributed by atoms with E-state index in [1.807, 2.05) is 30.1 Å². The standard InChI is InChI=1S/C12H15N3S3/c1-7(13-2)11-14-15-12(18-11)10-5-8-6-16-4-3-9(8)17-10/h5,7,13H,3-4,6H2,1-2H3. The van der Waals surface area contributed by atoms with Crippen LogP contribution in [0.15, 0.2) is 6.07 Å². The monoisotopic (exact) mass is 297 g/mol. The molecule has 1 unspecified atom stereocenters. The van der Waals surface area contributed by atoms with Crippen molar-refractivity contribution in [3.63, 3.8) is 0 Å². The van der Waals surface area contributed by atoms with Crippen LogP contribution in [0.1, 0.15) is 28.4 Å². The molecular formula is C12H15N3S3. The molecule has 6 heteroatoms. The van der Waals surface area contributed by atoms with Gasteiger partial charge >= 0.3 is 0 Å². The quantitative estimate of drug-likeness (QED) is 0.943. The fourth-order valence-corrected chi connectivity index (χ4v) is 5.20. The highest BCUT2D eigenvalue weighted by atomic mass is 32.2. The zero-order valence-electron chi connectivity index (χ0n) is 10.4. The van der Waals surface area contributed by atoms with Crippen molar-refractivity contribution < 1.29 is 0 Å². The molecule has 0 spiro atoms. The zero-order chi connectivity index (χ0) is 12.5. The molecule has 3 rings (SSSR count). The second kappa shape index (κ2) is 5.28. The summed E-state index contributed by atoms with van der Waals surface area (Å²) in [7, 11) is 1.95. The van der Waals surface area contributed by atoms with Crippen molar-refractivity contribution in [2.45, 2.75) is 25.1 Å². The maximum atomic E-state index is 4.33. The average Bonchev–Trinajstić information content (AvgIpc) is 3.03. The Balaban J connectivity index is 1.90. The van der Waals surface area contributed by atoms with Crippen molar-refractivity contribution in [3.8, 4) is 9.88 Å². The zero-order valence-corrected chi connectivity index (χ0v) is 12.8. The molecule has 0 saturated carbocycles. The summed E-state index contributed by atoms with van der Waals surface area (Å²) in [4.78, 5) is 2.83. The Kier molecular flexibility index (Phi) is 3.70. The third-order valence-corrected chi connectivity index (χ3v) is 6.60. The number of nitrogens with zero attached hydrogens (tertiary/aromatic N) is 2. The van der Waals surface area contributed by atoms with Crippen LogP contribution in [0, 0.1) is 0 Å². The van der Waals surface area contributed by atoms with Crippen LogP contribution in [0.5, 0.6) is 0 Å². The van der Waals surface area contributed by atoms with Crippen LogP contribution in [0.4, 0.5) is 0 Å². The molecule has 1 N–H and O–H groups in total. The summed E-state index contributed by atoms with van der Waals surface area (Å²) >= 11 is 5.62. The van der Waals surface area contributed by atoms with Crippen molar-refractivity contribution in [2.75, 3.05) is 12.8 Å². The van der Waals surface area contributed by atoms with Gasteiger partial charge in [-0.15, -0.1) is 21.5 Å². The number of aryl methyl sites for hydroxylation is 1. The van der Waals surface area contributed by atoms with Gasteiger partial charge in [-0.1, -0.05) is 11.3 Å². The van der Waals surface area contributed by atoms with E-state index in [1.54, 1.807) is 16.2 Å². The Labute approximate surface area is 119 Å². The highest BCUT2D eigenvalue weighted by molar-refractivity contribution is 7.98. The SMILES string of the molecule is CNC(C)c1nnc(-c2cc3c(s2)CCSC3)s1. The molecule has 3 heterocycles. The van der Waals surface area contributed by atoms with Gasteiger partial charge in [-0.25, -0.2) is 0 Å². The van der Waals surface area contributed by atoms with E-state index in [4.69, 9.17) is 0 Å². The molecule has 1 atom stereocenters. The Morgan fingerprint density at radius 1 is 1.33 bits per heavy atom. The van der Waals surface area contributed by atoms with Gasteiger partial charge in [-0.05, 0) is 37.8 Å². The first-order valence-electron chi connectivity index (χ1n) is 5.98. The fourth-order valence-electron chi connectivity index (χ4n) is 1.89. The lowest BCUT2D eigenvalue weighted by Crippen LogP contribution is -2.11. The Hall–Kier alpha value is -0.430. The lowest BCUT2D eigenvalue weighted by molar-refractivity contribution is 0.640. The largest absolute Gasteiger partial charge is 0.311 e. The molecule has 18 heavy (non-hydrogen) atoms. The van der Waals surface area contributed by atoms with Crippen LogP contribution in [0.3, 0.4) is 0 Å². The van der Waals surface area contributed by atoms with E-state index in [9.17, 15) is 0 Å². The van der Waals surface area contributed by atoms with E-state index in [-0.39, 0.29) is 6.04 Å². The van der Waals surface area contributed by atoms with Gasteiger partial charge in [0.05, 0.1) is 10.9 Å². The Morgan fingerprint density at radius 3 is 3.00 bits per heavy atom. The lowest BCUT2D eigenvalue weighted by Gasteiger charge is -2.08. The third kappa shape index (κ3) is 2.34. The summed E-state index contributed by atoms with van der Waals surface area (Å²) in [5, 5.41) is 13.9. The minimum absolute atomic E-state index is 0.279. The van der Waals surface area contributed by atoms with Crippen LogP contribution < -0.4 is 5.32 Å². The lowest BCUT2D eigenvalue weighted by atomic mass is 10.2. The predicted octanol–water partition coefficient (Wildman–Crippen LogP) is 3.34. The molecule has 2 aromatic rings. The number of fused-ring (bicyclic) bond motifs is 1. The maximum Gasteiger partial charge on any atom is 0.157 e. The first-order valence-corrected chi connectivity index (χ1v) is 8.77. The van der Waals surface area contributed by atoms with Crippen LogP contribution in [-0.4, -0.2) is 23.0 Å².